The second kappa shape index (κ2) is 5.31. The van der Waals surface area contributed by atoms with Gasteiger partial charge < -0.3 is 15.0 Å². The highest BCUT2D eigenvalue weighted by Crippen LogP contribution is 2.17. The lowest BCUT2D eigenvalue weighted by Gasteiger charge is -2.17. The summed E-state index contributed by atoms with van der Waals surface area (Å²) in [4.78, 5) is 21.2. The second-order valence-electron chi connectivity index (χ2n) is 3.94. The van der Waals surface area contributed by atoms with Gasteiger partial charge in [-0.3, -0.25) is 0 Å². The average Bonchev–Trinajstić information content (AvgIpc) is 2.87. The zero-order valence-corrected chi connectivity index (χ0v) is 9.96. The molecule has 7 heteroatoms. The summed E-state index contributed by atoms with van der Waals surface area (Å²) in [5.41, 5.74) is 0.294. The smallest absolute Gasteiger partial charge is 0.407 e. The quantitative estimate of drug-likeness (QED) is 0.807. The zero-order valence-electron chi connectivity index (χ0n) is 9.96. The fourth-order valence-corrected chi connectivity index (χ4v) is 1.85. The summed E-state index contributed by atoms with van der Waals surface area (Å²) in [7, 11) is 1.34. The molecule has 2 heterocycles. The van der Waals surface area contributed by atoms with E-state index in [1.807, 2.05) is 11.0 Å². The summed E-state index contributed by atoms with van der Waals surface area (Å²) >= 11 is 0. The molecule has 1 amide bonds. The third-order valence-electron chi connectivity index (χ3n) is 2.77. The molecule has 1 aliphatic rings. The van der Waals surface area contributed by atoms with Gasteiger partial charge in [0.1, 0.15) is 11.9 Å². The van der Waals surface area contributed by atoms with Crippen molar-refractivity contribution in [3.05, 3.63) is 18.1 Å². The number of hydrogen-bond donors (Lipinski definition) is 1. The van der Waals surface area contributed by atoms with Crippen LogP contribution < -0.4 is 10.2 Å². The van der Waals surface area contributed by atoms with E-state index >= 15 is 0 Å². The fourth-order valence-electron chi connectivity index (χ4n) is 1.85. The third kappa shape index (κ3) is 2.66. The summed E-state index contributed by atoms with van der Waals surface area (Å²) in [5.74, 6) is 0.711. The Labute approximate surface area is 104 Å². The number of methoxy groups -OCH3 is 1. The number of ether oxygens (including phenoxy) is 1. The van der Waals surface area contributed by atoms with Crippen molar-refractivity contribution in [3.63, 3.8) is 0 Å². The summed E-state index contributed by atoms with van der Waals surface area (Å²) in [6.07, 6.45) is 3.42. The summed E-state index contributed by atoms with van der Waals surface area (Å²) in [5, 5.41) is 11.4. The Morgan fingerprint density at radius 3 is 3.06 bits per heavy atom. The predicted octanol–water partition coefficient (Wildman–Crippen LogP) is 0.283. The SMILES string of the molecule is COC(=O)NC1CCN(c2cnc(C#N)cn2)C1. The first-order chi connectivity index (χ1) is 8.72. The molecule has 2 rings (SSSR count). The van der Waals surface area contributed by atoms with Gasteiger partial charge in [-0.1, -0.05) is 0 Å². The topological polar surface area (TPSA) is 91.1 Å². The van der Waals surface area contributed by atoms with Crippen LogP contribution in [0.1, 0.15) is 12.1 Å². The van der Waals surface area contributed by atoms with Gasteiger partial charge in [-0.25, -0.2) is 14.8 Å². The summed E-state index contributed by atoms with van der Waals surface area (Å²) in [6.45, 7) is 1.45. The molecule has 0 bridgehead atoms. The number of carbonyl (C=O) groups excluding carboxylic acids is 1. The number of carbonyl (C=O) groups is 1. The van der Waals surface area contributed by atoms with Gasteiger partial charge in [-0.2, -0.15) is 5.26 Å². The van der Waals surface area contributed by atoms with Crippen LogP contribution in [0, 0.1) is 11.3 Å². The van der Waals surface area contributed by atoms with Crippen LogP contribution in [-0.2, 0) is 4.74 Å². The Hall–Kier alpha value is -2.36. The normalized spacial score (nSPS) is 18.2. The molecule has 1 aliphatic heterocycles. The highest BCUT2D eigenvalue weighted by molar-refractivity contribution is 5.67. The van der Waals surface area contributed by atoms with Crippen LogP contribution in [0.3, 0.4) is 0 Å². The minimum atomic E-state index is -0.423. The van der Waals surface area contributed by atoms with E-state index in [2.05, 4.69) is 20.0 Å². The molecule has 1 N–H and O–H groups in total. The van der Waals surface area contributed by atoms with Gasteiger partial charge >= 0.3 is 6.09 Å². The molecule has 0 spiro atoms. The Morgan fingerprint density at radius 2 is 2.44 bits per heavy atom. The first kappa shape index (κ1) is 12.1. The molecule has 1 saturated heterocycles. The second-order valence-corrected chi connectivity index (χ2v) is 3.94. The molecule has 94 valence electrons. The van der Waals surface area contributed by atoms with Gasteiger partial charge in [0.15, 0.2) is 5.69 Å². The first-order valence-electron chi connectivity index (χ1n) is 5.54. The summed E-state index contributed by atoms with van der Waals surface area (Å²) in [6, 6.07) is 1.97. The van der Waals surface area contributed by atoms with Gasteiger partial charge in [0, 0.05) is 13.1 Å². The van der Waals surface area contributed by atoms with E-state index in [0.29, 0.717) is 18.1 Å². The Balaban J connectivity index is 1.95. The molecule has 0 radical (unpaired) electrons. The van der Waals surface area contributed by atoms with Crippen LogP contribution in [0.4, 0.5) is 10.6 Å². The molecule has 0 aromatic carbocycles. The highest BCUT2D eigenvalue weighted by Gasteiger charge is 2.25. The number of anilines is 1. The maximum absolute atomic E-state index is 11.1. The third-order valence-corrected chi connectivity index (χ3v) is 2.77. The molecule has 1 atom stereocenters. The lowest BCUT2D eigenvalue weighted by Crippen LogP contribution is -2.37. The monoisotopic (exact) mass is 247 g/mol. The minimum absolute atomic E-state index is 0.0508. The number of amides is 1. The molecular weight excluding hydrogens is 234 g/mol. The molecule has 1 unspecified atom stereocenters. The van der Waals surface area contributed by atoms with Crippen LogP contribution in [0.5, 0.6) is 0 Å². The molecule has 1 aromatic rings. The average molecular weight is 247 g/mol. The Bertz CT molecular complexity index is 467. The van der Waals surface area contributed by atoms with Crippen molar-refractivity contribution in [2.24, 2.45) is 0 Å². The lowest BCUT2D eigenvalue weighted by atomic mass is 10.3. The van der Waals surface area contributed by atoms with Crippen LogP contribution in [-0.4, -0.2) is 42.3 Å². The molecule has 1 fully saturated rings. The van der Waals surface area contributed by atoms with Crippen molar-refractivity contribution in [1.82, 2.24) is 15.3 Å². The number of hydrogen-bond acceptors (Lipinski definition) is 6. The maximum Gasteiger partial charge on any atom is 0.407 e. The van der Waals surface area contributed by atoms with E-state index in [1.54, 1.807) is 6.20 Å². The van der Waals surface area contributed by atoms with Gasteiger partial charge in [0.2, 0.25) is 0 Å². The highest BCUT2D eigenvalue weighted by atomic mass is 16.5. The van der Waals surface area contributed by atoms with E-state index in [1.165, 1.54) is 13.3 Å². The van der Waals surface area contributed by atoms with E-state index in [9.17, 15) is 4.79 Å². The van der Waals surface area contributed by atoms with Gasteiger partial charge in [0.25, 0.3) is 0 Å². The van der Waals surface area contributed by atoms with Crippen molar-refractivity contribution in [2.45, 2.75) is 12.5 Å². The Morgan fingerprint density at radius 1 is 1.61 bits per heavy atom. The van der Waals surface area contributed by atoms with Gasteiger partial charge in [0.05, 0.1) is 25.5 Å². The van der Waals surface area contributed by atoms with E-state index < -0.39 is 6.09 Å². The van der Waals surface area contributed by atoms with Crippen LogP contribution in [0.15, 0.2) is 12.4 Å². The van der Waals surface area contributed by atoms with Gasteiger partial charge in [-0.15, -0.1) is 0 Å². The molecule has 0 aliphatic carbocycles. The summed E-state index contributed by atoms with van der Waals surface area (Å²) < 4.78 is 4.55. The molecule has 7 nitrogen and oxygen atoms in total. The van der Waals surface area contributed by atoms with Crippen molar-refractivity contribution < 1.29 is 9.53 Å². The van der Waals surface area contributed by atoms with Crippen LogP contribution in [0.2, 0.25) is 0 Å². The van der Waals surface area contributed by atoms with Crippen LogP contribution in [0.25, 0.3) is 0 Å². The van der Waals surface area contributed by atoms with Crippen molar-refractivity contribution in [1.29, 1.82) is 5.26 Å². The number of nitriles is 1. The molecule has 1 aromatic heterocycles. The van der Waals surface area contributed by atoms with E-state index in [4.69, 9.17) is 5.26 Å². The number of nitrogens with one attached hydrogen (secondary N) is 1. The van der Waals surface area contributed by atoms with Gasteiger partial charge in [-0.05, 0) is 6.42 Å². The van der Waals surface area contributed by atoms with Crippen LogP contribution >= 0.6 is 0 Å². The minimum Gasteiger partial charge on any atom is -0.453 e. The number of aromatic nitrogens is 2. The predicted molar refractivity (Wildman–Crippen MR) is 62.9 cm³/mol. The van der Waals surface area contributed by atoms with Crippen molar-refractivity contribution in [3.8, 4) is 6.07 Å². The molecule has 0 saturated carbocycles. The zero-order chi connectivity index (χ0) is 13.0. The van der Waals surface area contributed by atoms with Crippen molar-refractivity contribution >= 4 is 11.9 Å². The lowest BCUT2D eigenvalue weighted by molar-refractivity contribution is 0.167. The standard InChI is InChI=1S/C11H13N5O2/c1-18-11(17)15-8-2-3-16(7-8)10-6-13-9(4-12)5-14-10/h5-6,8H,2-3,7H2,1H3,(H,15,17). The fraction of sp³-hybridized carbons (Fsp3) is 0.455. The Kier molecular flexibility index (Phi) is 3.57. The maximum atomic E-state index is 11.1. The van der Waals surface area contributed by atoms with E-state index in [0.717, 1.165) is 13.0 Å². The largest absolute Gasteiger partial charge is 0.453 e. The molecule has 18 heavy (non-hydrogen) atoms. The molecular formula is C11H13N5O2. The first-order valence-corrected chi connectivity index (χ1v) is 5.54. The van der Waals surface area contributed by atoms with Crippen molar-refractivity contribution in [2.75, 3.05) is 25.1 Å². The van der Waals surface area contributed by atoms with E-state index in [-0.39, 0.29) is 6.04 Å². The number of nitrogens with zero attached hydrogens (tertiary/aromatic N) is 4. The number of rotatable bonds is 2. The number of alkyl carbamates (subject to hydrolysis) is 1.